The molecule has 0 N–H and O–H groups in total. The zero-order valence-electron chi connectivity index (χ0n) is 35.2. The summed E-state index contributed by atoms with van der Waals surface area (Å²) in [4.78, 5) is 14.7. The third-order valence-electron chi connectivity index (χ3n) is 13.5. The van der Waals surface area contributed by atoms with Crippen LogP contribution in [0.15, 0.2) is 182 Å². The molecule has 0 amide bonds. The molecule has 4 heteroatoms. The first kappa shape index (κ1) is 37.0. The van der Waals surface area contributed by atoms with Gasteiger partial charge < -0.3 is 0 Å². The van der Waals surface area contributed by atoms with Crippen molar-refractivity contribution in [3.05, 3.63) is 231 Å². The molecule has 1 unspecified atom stereocenters. The minimum absolute atomic E-state index is 0.204. The van der Waals surface area contributed by atoms with Gasteiger partial charge in [0.15, 0.2) is 0 Å². The van der Waals surface area contributed by atoms with Crippen LogP contribution in [-0.4, -0.2) is 9.97 Å². The van der Waals surface area contributed by atoms with Crippen LogP contribution in [-0.2, 0) is 17.3 Å². The molecule has 4 nitrogen and oxygen atoms in total. The van der Waals surface area contributed by atoms with Crippen LogP contribution in [0.2, 0.25) is 0 Å². The quantitative estimate of drug-likeness (QED) is 0.168. The Morgan fingerprint density at radius 2 is 1.10 bits per heavy atom. The highest BCUT2D eigenvalue weighted by atomic mass is 15.2. The van der Waals surface area contributed by atoms with E-state index in [9.17, 15) is 0 Å². The van der Waals surface area contributed by atoms with E-state index in [2.05, 4.69) is 201 Å². The second-order valence-corrected chi connectivity index (χ2v) is 17.8. The van der Waals surface area contributed by atoms with Gasteiger partial charge in [-0.25, -0.2) is 9.97 Å². The van der Waals surface area contributed by atoms with Crippen molar-refractivity contribution in [1.82, 2.24) is 9.97 Å². The molecule has 61 heavy (non-hydrogen) atoms. The Balaban J connectivity index is 1.15. The number of pyridine rings is 2. The van der Waals surface area contributed by atoms with E-state index in [4.69, 9.17) is 9.97 Å². The normalized spacial score (nSPS) is 16.5. The zero-order valence-corrected chi connectivity index (χ0v) is 35.2. The lowest BCUT2D eigenvalue weighted by Gasteiger charge is -2.42. The fourth-order valence-electron chi connectivity index (χ4n) is 10.5. The Kier molecular flexibility index (Phi) is 8.68. The van der Waals surface area contributed by atoms with Gasteiger partial charge in [0, 0.05) is 51.9 Å². The number of rotatable bonds is 6. The predicted molar refractivity (Wildman–Crippen MR) is 253 cm³/mol. The number of aromatic nitrogens is 2. The molecule has 11 rings (SSSR count). The molecule has 0 fully saturated rings. The summed E-state index contributed by atoms with van der Waals surface area (Å²) in [5.41, 5.74) is 13.6. The van der Waals surface area contributed by atoms with E-state index in [1.54, 1.807) is 0 Å². The van der Waals surface area contributed by atoms with Crippen molar-refractivity contribution in [1.29, 1.82) is 0 Å². The minimum atomic E-state index is -0.376. The predicted octanol–water partition coefficient (Wildman–Crippen LogP) is 12.4. The highest BCUT2D eigenvalue weighted by molar-refractivity contribution is 5.89. The maximum atomic E-state index is 5.00. The summed E-state index contributed by atoms with van der Waals surface area (Å²) in [6.45, 7) is 9.73. The maximum absolute atomic E-state index is 5.00. The fraction of sp³-hybridized carbons (Fsp3) is 0.158. The average Bonchev–Trinajstić information content (AvgIpc) is 3.56. The van der Waals surface area contributed by atoms with E-state index in [0.29, 0.717) is 0 Å². The van der Waals surface area contributed by atoms with Gasteiger partial charge in [0.05, 0.1) is 0 Å². The summed E-state index contributed by atoms with van der Waals surface area (Å²) >= 11 is 0. The molecule has 6 aromatic carbocycles. The van der Waals surface area contributed by atoms with Crippen molar-refractivity contribution in [2.24, 2.45) is 0 Å². The number of hydrogen-bond donors (Lipinski definition) is 0. The molecule has 296 valence electrons. The third-order valence-corrected chi connectivity index (χ3v) is 13.5. The zero-order chi connectivity index (χ0) is 41.3. The van der Waals surface area contributed by atoms with Crippen LogP contribution in [0.4, 0.5) is 28.7 Å². The van der Waals surface area contributed by atoms with Gasteiger partial charge in [-0.1, -0.05) is 137 Å². The summed E-state index contributed by atoms with van der Waals surface area (Å²) in [5, 5.41) is 4.89. The standard InChI is InChI=1S/C57H48N4/c1-56(2)49-23-10-9-22-47(49)48-34-42-27-29-45(60(53-24-11-13-30-58-53)43-21-15-20-38-16-5-7-18-40(38)32-43)35-50(42)57(3,4)52-37-46(36-51(56)55(48)52)61(54-25-12-14-31-59-54)44-28-26-39-17-6-8-19-41(39)33-44/h5-14,16-33,35-37,48H,15,34H2,1-4H3. The molecule has 8 aromatic rings. The Hall–Kier alpha value is -7.04. The summed E-state index contributed by atoms with van der Waals surface area (Å²) in [7, 11) is 0. The molecule has 0 saturated carbocycles. The summed E-state index contributed by atoms with van der Waals surface area (Å²) in [6.07, 6.45) is 12.5. The van der Waals surface area contributed by atoms with Crippen molar-refractivity contribution in [3.63, 3.8) is 0 Å². The van der Waals surface area contributed by atoms with E-state index < -0.39 is 0 Å². The molecule has 2 heterocycles. The van der Waals surface area contributed by atoms with Gasteiger partial charge in [0.2, 0.25) is 0 Å². The Morgan fingerprint density at radius 3 is 1.85 bits per heavy atom. The van der Waals surface area contributed by atoms with Crippen molar-refractivity contribution >= 4 is 51.6 Å². The van der Waals surface area contributed by atoms with Crippen LogP contribution >= 0.6 is 0 Å². The highest BCUT2D eigenvalue weighted by Crippen LogP contribution is 2.56. The largest absolute Gasteiger partial charge is 0.295 e. The monoisotopic (exact) mass is 788 g/mol. The lowest BCUT2D eigenvalue weighted by molar-refractivity contribution is 0.569. The Bertz CT molecular complexity index is 3160. The Labute approximate surface area is 358 Å². The molecule has 0 radical (unpaired) electrons. The Morgan fingerprint density at radius 1 is 0.492 bits per heavy atom. The first-order valence-electron chi connectivity index (χ1n) is 21.6. The van der Waals surface area contributed by atoms with Crippen LogP contribution in [0.3, 0.4) is 0 Å². The van der Waals surface area contributed by atoms with Crippen molar-refractivity contribution < 1.29 is 0 Å². The van der Waals surface area contributed by atoms with Gasteiger partial charge in [0.25, 0.3) is 0 Å². The number of nitrogens with zero attached hydrogens (tertiary/aromatic N) is 4. The van der Waals surface area contributed by atoms with E-state index in [1.165, 1.54) is 60.2 Å². The summed E-state index contributed by atoms with van der Waals surface area (Å²) in [6, 6.07) is 57.8. The van der Waals surface area contributed by atoms with Gasteiger partial charge in [-0.05, 0) is 140 Å². The first-order valence-corrected chi connectivity index (χ1v) is 21.6. The smallest absolute Gasteiger partial charge is 0.137 e. The highest BCUT2D eigenvalue weighted by Gasteiger charge is 2.45. The van der Waals surface area contributed by atoms with Gasteiger partial charge in [-0.2, -0.15) is 0 Å². The number of fused-ring (bicyclic) bond motifs is 5. The number of anilines is 5. The topological polar surface area (TPSA) is 32.3 Å². The molecular formula is C57H48N4. The van der Waals surface area contributed by atoms with Crippen LogP contribution < -0.4 is 20.2 Å². The molecule has 2 aromatic heterocycles. The summed E-state index contributed by atoms with van der Waals surface area (Å²) < 4.78 is 0. The SMILES string of the molecule is CC1(C)c2cc(N(C3=CCC=c4ccccc4=C3)c3ccccn3)ccc2CC2c3ccccc3C(C)(C)c3cc(N(c4ccc5ccccc5c4)c4ccccn4)cc1c32. The first-order chi connectivity index (χ1) is 29.8. The van der Waals surface area contributed by atoms with Crippen LogP contribution in [0, 0.1) is 0 Å². The lowest BCUT2D eigenvalue weighted by Crippen LogP contribution is -2.32. The second kappa shape index (κ2) is 14.3. The number of hydrogen-bond acceptors (Lipinski definition) is 4. The van der Waals surface area contributed by atoms with E-state index in [-0.39, 0.29) is 16.7 Å². The average molecular weight is 789 g/mol. The van der Waals surface area contributed by atoms with Gasteiger partial charge in [-0.15, -0.1) is 0 Å². The number of allylic oxidation sites excluding steroid dienone is 2. The summed E-state index contributed by atoms with van der Waals surface area (Å²) in [5.74, 6) is 1.99. The van der Waals surface area contributed by atoms with Gasteiger partial charge in [0.1, 0.15) is 11.6 Å². The van der Waals surface area contributed by atoms with Crippen LogP contribution in [0.1, 0.15) is 79.0 Å². The molecule has 0 spiro atoms. The second-order valence-electron chi connectivity index (χ2n) is 17.8. The molecule has 0 aliphatic heterocycles. The molecule has 1 atom stereocenters. The van der Waals surface area contributed by atoms with Crippen molar-refractivity contribution in [2.75, 3.05) is 9.80 Å². The third kappa shape index (κ3) is 6.12. The van der Waals surface area contributed by atoms with Crippen molar-refractivity contribution in [2.45, 2.75) is 57.3 Å². The van der Waals surface area contributed by atoms with E-state index >= 15 is 0 Å². The minimum Gasteiger partial charge on any atom is -0.295 e. The lowest BCUT2D eigenvalue weighted by atomic mass is 9.62. The van der Waals surface area contributed by atoms with Gasteiger partial charge >= 0.3 is 0 Å². The van der Waals surface area contributed by atoms with Crippen LogP contribution in [0.5, 0.6) is 0 Å². The van der Waals surface area contributed by atoms with E-state index in [0.717, 1.165) is 47.2 Å². The molecule has 3 aliphatic carbocycles. The molecular weight excluding hydrogens is 741 g/mol. The maximum Gasteiger partial charge on any atom is 0.137 e. The fourth-order valence-corrected chi connectivity index (χ4v) is 10.5. The molecule has 0 saturated heterocycles. The number of benzene rings is 6. The molecule has 0 bridgehead atoms. The van der Waals surface area contributed by atoms with E-state index in [1.807, 2.05) is 24.5 Å². The van der Waals surface area contributed by atoms with Gasteiger partial charge in [-0.3, -0.25) is 9.80 Å². The van der Waals surface area contributed by atoms with Crippen molar-refractivity contribution in [3.8, 4) is 0 Å². The van der Waals surface area contributed by atoms with Crippen LogP contribution in [0.25, 0.3) is 22.9 Å². The molecule has 3 aliphatic rings.